The summed E-state index contributed by atoms with van der Waals surface area (Å²) >= 11 is 0. The van der Waals surface area contributed by atoms with E-state index in [1.165, 1.54) is 6.07 Å². The highest BCUT2D eigenvalue weighted by Gasteiger charge is 2.48. The summed E-state index contributed by atoms with van der Waals surface area (Å²) in [4.78, 5) is 24.9. The van der Waals surface area contributed by atoms with Gasteiger partial charge in [0.05, 0.1) is 23.2 Å². The van der Waals surface area contributed by atoms with Gasteiger partial charge in [0, 0.05) is 12.0 Å². The fourth-order valence-corrected chi connectivity index (χ4v) is 5.51. The first-order valence-electron chi connectivity index (χ1n) is 11.1. The number of hydrogen-bond acceptors (Lipinski definition) is 6. The topological polar surface area (TPSA) is 148 Å². The number of pyridine rings is 1. The molecule has 3 aromatic rings. The molecule has 4 saturated carbocycles. The smallest absolute Gasteiger partial charge is 0.308 e. The predicted octanol–water partition coefficient (Wildman–Crippen LogP) is 3.05. The van der Waals surface area contributed by atoms with Crippen LogP contribution in [-0.2, 0) is 4.79 Å². The van der Waals surface area contributed by atoms with E-state index in [4.69, 9.17) is 0 Å². The van der Waals surface area contributed by atoms with E-state index in [1.54, 1.807) is 0 Å². The molecule has 0 aliphatic heterocycles. The van der Waals surface area contributed by atoms with Crippen LogP contribution >= 0.6 is 0 Å². The van der Waals surface area contributed by atoms with Crippen molar-refractivity contribution in [2.24, 2.45) is 17.8 Å². The molecular weight excluding hydrogens is 434 g/mol. The number of carboxylic acids is 1. The van der Waals surface area contributed by atoms with Crippen molar-refractivity contribution in [1.29, 1.82) is 0 Å². The summed E-state index contributed by atoms with van der Waals surface area (Å²) < 4.78 is 29.3. The molecule has 0 unspecified atom stereocenters. The maximum Gasteiger partial charge on any atom is 0.308 e. The van der Waals surface area contributed by atoms with E-state index in [-0.39, 0.29) is 40.9 Å². The molecule has 2 atom stereocenters. The molecule has 7 rings (SSSR count). The molecule has 9 nitrogen and oxygen atoms in total. The molecule has 0 saturated heterocycles. The second-order valence-electron chi connectivity index (χ2n) is 9.20. The van der Waals surface area contributed by atoms with E-state index in [9.17, 15) is 14.3 Å². The first-order chi connectivity index (χ1) is 15.5. The summed E-state index contributed by atoms with van der Waals surface area (Å²) in [6, 6.07) is 0.903. The van der Waals surface area contributed by atoms with Crippen molar-refractivity contribution in [1.82, 2.24) is 25.1 Å². The van der Waals surface area contributed by atoms with Crippen LogP contribution in [0, 0.1) is 29.4 Å². The fourth-order valence-electron chi connectivity index (χ4n) is 5.51. The number of halogens is 2. The Balaban J connectivity index is 0.00000228. The van der Waals surface area contributed by atoms with Crippen LogP contribution in [0.2, 0.25) is 0 Å². The number of carbonyl (C=O) groups is 1. The van der Waals surface area contributed by atoms with Gasteiger partial charge in [-0.05, 0) is 56.4 Å². The highest BCUT2D eigenvalue weighted by atomic mass is 19.1. The van der Waals surface area contributed by atoms with Gasteiger partial charge in [-0.1, -0.05) is 0 Å². The SMILES string of the molecule is O.O=C(O)[C@H]1C2CCC(CC2)[C@@H]1Nc1nc(-c2[nH]nc3ncc(F)cc23)nc(C2CC2)c1F. The Bertz CT molecular complexity index is 1220. The summed E-state index contributed by atoms with van der Waals surface area (Å²) in [7, 11) is 0. The molecule has 3 aromatic heterocycles. The van der Waals surface area contributed by atoms with Gasteiger partial charge in [-0.25, -0.2) is 23.7 Å². The Labute approximate surface area is 187 Å². The van der Waals surface area contributed by atoms with Gasteiger partial charge in [-0.15, -0.1) is 0 Å². The lowest BCUT2D eigenvalue weighted by molar-refractivity contribution is -0.148. The summed E-state index contributed by atoms with van der Waals surface area (Å²) in [5.74, 6) is -2.03. The van der Waals surface area contributed by atoms with Gasteiger partial charge in [-0.3, -0.25) is 9.89 Å². The third-order valence-corrected chi connectivity index (χ3v) is 7.25. The van der Waals surface area contributed by atoms with Gasteiger partial charge in [-0.2, -0.15) is 5.10 Å². The summed E-state index contributed by atoms with van der Waals surface area (Å²) in [6.45, 7) is 0. The zero-order chi connectivity index (χ0) is 22.0. The molecule has 5 N–H and O–H groups in total. The molecule has 4 fully saturated rings. The van der Waals surface area contributed by atoms with Crippen LogP contribution in [0.3, 0.4) is 0 Å². The van der Waals surface area contributed by atoms with Crippen LogP contribution in [-0.4, -0.2) is 47.7 Å². The highest BCUT2D eigenvalue weighted by Crippen LogP contribution is 2.47. The number of aromatic amines is 1. The number of hydrogen-bond donors (Lipinski definition) is 3. The van der Waals surface area contributed by atoms with E-state index >= 15 is 4.39 Å². The minimum absolute atomic E-state index is 0. The van der Waals surface area contributed by atoms with E-state index < -0.39 is 23.5 Å². The number of H-pyrrole nitrogens is 1. The number of aromatic nitrogens is 5. The van der Waals surface area contributed by atoms with E-state index in [0.29, 0.717) is 22.4 Å². The van der Waals surface area contributed by atoms with Crippen molar-refractivity contribution < 1.29 is 24.2 Å². The zero-order valence-corrected chi connectivity index (χ0v) is 17.7. The van der Waals surface area contributed by atoms with E-state index in [2.05, 4.69) is 30.5 Å². The number of fused-ring (bicyclic) bond motifs is 4. The molecule has 3 heterocycles. The minimum atomic E-state index is -0.852. The van der Waals surface area contributed by atoms with Crippen molar-refractivity contribution >= 4 is 22.8 Å². The molecular formula is C22H24F2N6O3. The Morgan fingerprint density at radius 3 is 2.52 bits per heavy atom. The van der Waals surface area contributed by atoms with Gasteiger partial charge in [0.1, 0.15) is 11.5 Å². The third kappa shape index (κ3) is 3.60. The number of rotatable bonds is 5. The fraction of sp³-hybridized carbons (Fsp3) is 0.500. The van der Waals surface area contributed by atoms with Gasteiger partial charge in [0.15, 0.2) is 23.1 Å². The Hall–Kier alpha value is -3.21. The molecule has 174 valence electrons. The molecule has 4 aliphatic rings. The van der Waals surface area contributed by atoms with Crippen molar-refractivity contribution in [2.45, 2.75) is 50.5 Å². The monoisotopic (exact) mass is 458 g/mol. The molecule has 0 spiro atoms. The lowest BCUT2D eigenvalue weighted by Gasteiger charge is -2.47. The number of carboxylic acid groups (broad SMARTS) is 1. The molecule has 0 radical (unpaired) electrons. The maximum atomic E-state index is 15.5. The minimum Gasteiger partial charge on any atom is -0.481 e. The summed E-state index contributed by atoms with van der Waals surface area (Å²) in [5.41, 5.74) is 0.974. The first-order valence-corrected chi connectivity index (χ1v) is 11.1. The molecule has 2 bridgehead atoms. The second-order valence-corrected chi connectivity index (χ2v) is 9.20. The summed E-state index contributed by atoms with van der Waals surface area (Å²) in [6.07, 6.45) is 6.38. The van der Waals surface area contributed by atoms with Gasteiger partial charge >= 0.3 is 5.97 Å². The number of aliphatic carboxylic acids is 1. The van der Waals surface area contributed by atoms with Crippen molar-refractivity contribution in [2.75, 3.05) is 5.32 Å². The molecule has 33 heavy (non-hydrogen) atoms. The van der Waals surface area contributed by atoms with Crippen LogP contribution < -0.4 is 5.32 Å². The van der Waals surface area contributed by atoms with Crippen molar-refractivity contribution in [3.63, 3.8) is 0 Å². The normalized spacial score (nSPS) is 26.2. The first kappa shape index (κ1) is 21.6. The molecule has 11 heteroatoms. The molecule has 4 aliphatic carbocycles. The van der Waals surface area contributed by atoms with Gasteiger partial charge in [0.25, 0.3) is 0 Å². The lowest BCUT2D eigenvalue weighted by atomic mass is 9.61. The number of anilines is 1. The lowest BCUT2D eigenvalue weighted by Crippen LogP contribution is -2.51. The van der Waals surface area contributed by atoms with Crippen LogP contribution in [0.1, 0.15) is 50.1 Å². The maximum absolute atomic E-state index is 15.5. The average Bonchev–Trinajstić information content (AvgIpc) is 3.55. The zero-order valence-electron chi connectivity index (χ0n) is 17.7. The van der Waals surface area contributed by atoms with Crippen LogP contribution in [0.4, 0.5) is 14.6 Å². The number of nitrogens with zero attached hydrogens (tertiary/aromatic N) is 4. The van der Waals surface area contributed by atoms with E-state index in [0.717, 1.165) is 44.7 Å². The average molecular weight is 458 g/mol. The van der Waals surface area contributed by atoms with Crippen LogP contribution in [0.25, 0.3) is 22.6 Å². The predicted molar refractivity (Wildman–Crippen MR) is 114 cm³/mol. The highest BCUT2D eigenvalue weighted by molar-refractivity contribution is 5.88. The van der Waals surface area contributed by atoms with Crippen molar-refractivity contribution in [3.8, 4) is 11.5 Å². The Morgan fingerprint density at radius 1 is 1.09 bits per heavy atom. The quantitative estimate of drug-likeness (QED) is 0.532. The second kappa shape index (κ2) is 7.98. The Morgan fingerprint density at radius 2 is 1.82 bits per heavy atom. The Kier molecular flexibility index (Phi) is 5.23. The van der Waals surface area contributed by atoms with E-state index in [1.807, 2.05) is 0 Å². The largest absolute Gasteiger partial charge is 0.481 e. The number of nitrogens with one attached hydrogen (secondary N) is 2. The molecule has 0 aromatic carbocycles. The summed E-state index contributed by atoms with van der Waals surface area (Å²) in [5, 5.41) is 20.3. The van der Waals surface area contributed by atoms with Crippen LogP contribution in [0.5, 0.6) is 0 Å². The van der Waals surface area contributed by atoms with Gasteiger partial charge < -0.3 is 15.9 Å². The van der Waals surface area contributed by atoms with Gasteiger partial charge in [0.2, 0.25) is 0 Å². The third-order valence-electron chi connectivity index (χ3n) is 7.25. The standard InChI is InChI=1S/C22H22F2N6O2.H2O/c23-12-7-13-18(29-30-19(13)25-8-12)21-27-17(11-5-6-11)15(24)20(28-21)26-16-10-3-1-9(2-4-10)14(16)22(31)32;/h7-11,14,16H,1-6H2,(H,31,32)(H,25,29,30)(H,26,27,28);1H2/t9?,10?,14-,16-;/m0./s1. The molecule has 0 amide bonds. The van der Waals surface area contributed by atoms with Crippen molar-refractivity contribution in [3.05, 3.63) is 29.6 Å². The van der Waals surface area contributed by atoms with Crippen LogP contribution in [0.15, 0.2) is 12.3 Å².